The van der Waals surface area contributed by atoms with E-state index in [-0.39, 0.29) is 30.2 Å². The van der Waals surface area contributed by atoms with Gasteiger partial charge in [-0.15, -0.1) is 13.2 Å². The molecule has 0 aliphatic carbocycles. The number of carbonyl (C=O) groups excluding carboxylic acids is 2. The number of rotatable bonds is 7. The van der Waals surface area contributed by atoms with E-state index in [1.54, 1.807) is 37.1 Å². The van der Waals surface area contributed by atoms with Crippen molar-refractivity contribution in [1.29, 1.82) is 0 Å². The lowest BCUT2D eigenvalue weighted by Crippen LogP contribution is -2.57. The monoisotopic (exact) mass is 540 g/mol. The van der Waals surface area contributed by atoms with Crippen molar-refractivity contribution in [2.45, 2.75) is 57.9 Å². The molecule has 2 aromatic rings. The fourth-order valence-electron chi connectivity index (χ4n) is 6.15. The first-order chi connectivity index (χ1) is 18.4. The summed E-state index contributed by atoms with van der Waals surface area (Å²) in [4.78, 5) is 36.5. The molecular formula is C30H35F3N4O2. The van der Waals surface area contributed by atoms with Crippen molar-refractivity contribution in [1.82, 2.24) is 19.7 Å². The molecule has 0 saturated carbocycles. The van der Waals surface area contributed by atoms with Crippen LogP contribution in [0.2, 0.25) is 0 Å². The maximum atomic E-state index is 13.9. The number of alkyl halides is 3. The molecule has 0 N–H and O–H groups in total. The number of allylic oxidation sites excluding steroid dienone is 2. The van der Waals surface area contributed by atoms with Gasteiger partial charge in [-0.05, 0) is 61.9 Å². The van der Waals surface area contributed by atoms with Gasteiger partial charge in [0.2, 0.25) is 5.91 Å². The number of carbonyl (C=O) groups is 2. The summed E-state index contributed by atoms with van der Waals surface area (Å²) in [7, 11) is 1.57. The summed E-state index contributed by atoms with van der Waals surface area (Å²) in [6.07, 6.45) is 0.533. The Morgan fingerprint density at radius 1 is 1.15 bits per heavy atom. The Bertz CT molecular complexity index is 1270. The lowest BCUT2D eigenvalue weighted by molar-refractivity contribution is -0.141. The second-order valence-corrected chi connectivity index (χ2v) is 10.7. The Morgan fingerprint density at radius 2 is 1.82 bits per heavy atom. The molecule has 2 saturated heterocycles. The average molecular weight is 541 g/mol. The number of fused-ring (bicyclic) bond motifs is 1. The van der Waals surface area contributed by atoms with Gasteiger partial charge in [0, 0.05) is 20.1 Å². The molecule has 2 aliphatic rings. The zero-order valence-electron chi connectivity index (χ0n) is 22.7. The fourth-order valence-corrected chi connectivity index (χ4v) is 6.15. The molecule has 3 amide bonds. The largest absolute Gasteiger partial charge is 0.433 e. The lowest BCUT2D eigenvalue weighted by atomic mass is 9.76. The third-order valence-corrected chi connectivity index (χ3v) is 7.86. The van der Waals surface area contributed by atoms with Crippen molar-refractivity contribution in [3.8, 4) is 0 Å². The Hall–Kier alpha value is -3.62. The number of aryl methyl sites for hydroxylation is 2. The van der Waals surface area contributed by atoms with Gasteiger partial charge in [-0.25, -0.2) is 9.78 Å². The molecule has 0 radical (unpaired) electrons. The summed E-state index contributed by atoms with van der Waals surface area (Å²) in [6.45, 7) is 11.9. The van der Waals surface area contributed by atoms with Crippen molar-refractivity contribution in [2.24, 2.45) is 5.41 Å². The maximum absolute atomic E-state index is 13.9. The molecule has 0 unspecified atom stereocenters. The molecule has 1 aromatic heterocycles. The van der Waals surface area contributed by atoms with Crippen LogP contribution in [0.15, 0.2) is 61.7 Å². The van der Waals surface area contributed by atoms with Gasteiger partial charge in [-0.2, -0.15) is 13.2 Å². The Morgan fingerprint density at radius 3 is 2.44 bits per heavy atom. The second kappa shape index (κ2) is 10.9. The summed E-state index contributed by atoms with van der Waals surface area (Å²) >= 11 is 0. The zero-order valence-corrected chi connectivity index (χ0v) is 22.7. The van der Waals surface area contributed by atoms with E-state index in [0.717, 1.165) is 17.2 Å². The van der Waals surface area contributed by atoms with Crippen molar-refractivity contribution in [3.63, 3.8) is 0 Å². The van der Waals surface area contributed by atoms with Crippen LogP contribution >= 0.6 is 0 Å². The fraction of sp³-hybridized carbons (Fsp3) is 0.433. The van der Waals surface area contributed by atoms with Crippen molar-refractivity contribution < 1.29 is 22.8 Å². The Kier molecular flexibility index (Phi) is 7.91. The van der Waals surface area contributed by atoms with E-state index in [1.165, 1.54) is 4.90 Å². The zero-order chi connectivity index (χ0) is 28.5. The van der Waals surface area contributed by atoms with Crippen LogP contribution in [0.5, 0.6) is 0 Å². The van der Waals surface area contributed by atoms with Crippen LogP contribution in [-0.4, -0.2) is 57.8 Å². The van der Waals surface area contributed by atoms with E-state index in [9.17, 15) is 22.8 Å². The van der Waals surface area contributed by atoms with E-state index in [0.29, 0.717) is 37.9 Å². The predicted molar refractivity (Wildman–Crippen MR) is 144 cm³/mol. The van der Waals surface area contributed by atoms with Crippen molar-refractivity contribution in [2.75, 3.05) is 20.1 Å². The standard InChI is InChI=1S/C30H35F3N4O2/c1-6-12-29(13-7-2)18-24-26(23-11-9-8-10-21(23)4)37(15-14-36(24)27(29)38)28(39)35(5)19-22-16-20(3)17-25(34-22)30(31,32)33/h6-11,16-17,24,26H,1-2,12-15,18-19H2,3-5H3/t24-,26-/m0/s1. The second-order valence-electron chi connectivity index (χ2n) is 10.7. The SMILES string of the molecule is C=CCC1(CC=C)C[C@H]2[C@H](c3ccccc3C)N(C(=O)N(C)Cc3cc(C)cc(C(F)(F)F)n3)CCN2C1=O. The van der Waals surface area contributed by atoms with Gasteiger partial charge in [0.1, 0.15) is 5.69 Å². The van der Waals surface area contributed by atoms with Gasteiger partial charge >= 0.3 is 12.2 Å². The predicted octanol–water partition coefficient (Wildman–Crippen LogP) is 6.07. The summed E-state index contributed by atoms with van der Waals surface area (Å²) in [5, 5.41) is 0. The molecule has 2 fully saturated rings. The van der Waals surface area contributed by atoms with E-state index in [4.69, 9.17) is 0 Å². The number of benzene rings is 1. The van der Waals surface area contributed by atoms with Crippen LogP contribution in [-0.2, 0) is 17.5 Å². The molecule has 4 rings (SSSR count). The van der Waals surface area contributed by atoms with E-state index in [1.807, 2.05) is 36.1 Å². The first-order valence-corrected chi connectivity index (χ1v) is 13.1. The molecule has 2 atom stereocenters. The first-order valence-electron chi connectivity index (χ1n) is 13.1. The summed E-state index contributed by atoms with van der Waals surface area (Å²) in [5.41, 5.74) is 0.899. The molecule has 1 aromatic carbocycles. The van der Waals surface area contributed by atoms with Crippen molar-refractivity contribution >= 4 is 11.9 Å². The smallest absolute Gasteiger partial charge is 0.335 e. The highest BCUT2D eigenvalue weighted by atomic mass is 19.4. The minimum Gasteiger partial charge on any atom is -0.335 e. The molecule has 0 spiro atoms. The highest BCUT2D eigenvalue weighted by Crippen LogP contribution is 2.49. The minimum absolute atomic E-state index is 0.0509. The minimum atomic E-state index is -4.58. The maximum Gasteiger partial charge on any atom is 0.433 e. The molecule has 39 heavy (non-hydrogen) atoms. The Labute approximate surface area is 227 Å². The highest BCUT2D eigenvalue weighted by molar-refractivity contribution is 5.87. The van der Waals surface area contributed by atoms with Gasteiger partial charge < -0.3 is 14.7 Å². The number of hydrogen-bond donors (Lipinski definition) is 0. The number of aromatic nitrogens is 1. The number of pyridine rings is 1. The number of urea groups is 1. The van der Waals surface area contributed by atoms with Crippen molar-refractivity contribution in [3.05, 3.63) is 89.8 Å². The quantitative estimate of drug-likeness (QED) is 0.401. The van der Waals surface area contributed by atoms with Gasteiger partial charge in [0.25, 0.3) is 0 Å². The number of amides is 3. The third kappa shape index (κ3) is 5.44. The number of halogens is 3. The van der Waals surface area contributed by atoms with Crippen LogP contribution in [0.1, 0.15) is 53.4 Å². The molecule has 6 nitrogen and oxygen atoms in total. The number of hydrogen-bond acceptors (Lipinski definition) is 3. The van der Waals surface area contributed by atoms with Crippen LogP contribution in [0.3, 0.4) is 0 Å². The van der Waals surface area contributed by atoms with Crippen LogP contribution in [0.4, 0.5) is 18.0 Å². The normalized spacial score (nSPS) is 20.5. The molecular weight excluding hydrogens is 505 g/mol. The van der Waals surface area contributed by atoms with E-state index < -0.39 is 23.3 Å². The molecule has 208 valence electrons. The number of nitrogens with zero attached hydrogens (tertiary/aromatic N) is 4. The van der Waals surface area contributed by atoms with E-state index in [2.05, 4.69) is 18.1 Å². The van der Waals surface area contributed by atoms with Gasteiger partial charge in [0.15, 0.2) is 0 Å². The van der Waals surface area contributed by atoms with Gasteiger partial charge in [-0.3, -0.25) is 4.79 Å². The van der Waals surface area contributed by atoms with Gasteiger partial charge in [0.05, 0.1) is 29.7 Å². The summed E-state index contributed by atoms with van der Waals surface area (Å²) < 4.78 is 40.0. The van der Waals surface area contributed by atoms with Crippen LogP contribution in [0, 0.1) is 19.3 Å². The Balaban J connectivity index is 1.68. The summed E-state index contributed by atoms with van der Waals surface area (Å²) in [6, 6.07) is 9.38. The van der Waals surface area contributed by atoms with Crippen LogP contribution in [0.25, 0.3) is 0 Å². The molecule has 3 heterocycles. The number of piperazine rings is 1. The van der Waals surface area contributed by atoms with E-state index >= 15 is 0 Å². The molecule has 9 heteroatoms. The van der Waals surface area contributed by atoms with Gasteiger partial charge in [-0.1, -0.05) is 36.4 Å². The molecule has 2 aliphatic heterocycles. The van der Waals surface area contributed by atoms with Crippen LogP contribution < -0.4 is 0 Å². The summed E-state index contributed by atoms with van der Waals surface area (Å²) in [5.74, 6) is 0.0509. The molecule has 0 bridgehead atoms. The average Bonchev–Trinajstić information content (AvgIpc) is 3.14. The lowest BCUT2D eigenvalue weighted by Gasteiger charge is -2.46. The topological polar surface area (TPSA) is 56.8 Å². The highest BCUT2D eigenvalue weighted by Gasteiger charge is 2.56. The first kappa shape index (κ1) is 28.4. The third-order valence-electron chi connectivity index (χ3n) is 7.86.